The van der Waals surface area contributed by atoms with Crippen LogP contribution in [0.1, 0.15) is 16.1 Å². The number of carbonyl (C=O) groups excluding carboxylic acids is 1. The molecule has 0 fully saturated rings. The van der Waals surface area contributed by atoms with Crippen molar-refractivity contribution in [1.82, 2.24) is 20.3 Å². The number of rotatable bonds is 8. The van der Waals surface area contributed by atoms with Crippen LogP contribution in [0.15, 0.2) is 84.8 Å². The van der Waals surface area contributed by atoms with Gasteiger partial charge in [-0.1, -0.05) is 18.2 Å². The minimum atomic E-state index is -0.169. The number of ether oxygens (including phenoxy) is 1. The van der Waals surface area contributed by atoms with Crippen molar-refractivity contribution in [3.63, 3.8) is 0 Å². The summed E-state index contributed by atoms with van der Waals surface area (Å²) in [5.41, 5.74) is 3.82. The molecule has 6 nitrogen and oxygen atoms in total. The van der Waals surface area contributed by atoms with E-state index in [1.54, 1.807) is 30.9 Å². The molecule has 4 rings (SSSR count). The first kappa shape index (κ1) is 20.4. The molecule has 0 aliphatic heterocycles. The fourth-order valence-electron chi connectivity index (χ4n) is 2.77. The molecule has 3 heterocycles. The van der Waals surface area contributed by atoms with Gasteiger partial charge in [-0.3, -0.25) is 14.8 Å². The number of thiazole rings is 1. The summed E-state index contributed by atoms with van der Waals surface area (Å²) in [4.78, 5) is 24.8. The van der Waals surface area contributed by atoms with Crippen molar-refractivity contribution in [3.05, 3.63) is 101 Å². The number of carbonyl (C=O) groups is 1. The van der Waals surface area contributed by atoms with Gasteiger partial charge in [-0.05, 0) is 42.0 Å². The Balaban J connectivity index is 1.25. The summed E-state index contributed by atoms with van der Waals surface area (Å²) >= 11 is 1.52. The lowest BCUT2D eigenvalue weighted by molar-refractivity contribution is -0.116. The maximum absolute atomic E-state index is 12.1. The van der Waals surface area contributed by atoms with Gasteiger partial charge in [0, 0.05) is 47.4 Å². The third-order valence-corrected chi connectivity index (χ3v) is 5.23. The number of nitrogens with zero attached hydrogens (tertiary/aromatic N) is 3. The molecule has 1 aromatic carbocycles. The zero-order valence-electron chi connectivity index (χ0n) is 16.6. The van der Waals surface area contributed by atoms with Gasteiger partial charge in [0.25, 0.3) is 0 Å². The Bertz CT molecular complexity index is 1140. The molecular formula is C24H20N4O2S. The lowest BCUT2D eigenvalue weighted by atomic mass is 10.2. The van der Waals surface area contributed by atoms with E-state index in [1.807, 2.05) is 53.9 Å². The summed E-state index contributed by atoms with van der Waals surface area (Å²) < 4.78 is 5.74. The van der Waals surface area contributed by atoms with Gasteiger partial charge in [-0.15, -0.1) is 11.3 Å². The van der Waals surface area contributed by atoms with Crippen LogP contribution in [0.3, 0.4) is 0 Å². The highest BCUT2D eigenvalue weighted by molar-refractivity contribution is 7.09. The SMILES string of the molecule is O=C(/C=C/c1ccc(OCc2cccnc2)cc1)NCc1nc(-c2ccncc2)cs1. The van der Waals surface area contributed by atoms with Crippen LogP contribution in [0.25, 0.3) is 17.3 Å². The topological polar surface area (TPSA) is 77.0 Å². The molecule has 1 amide bonds. The first-order valence-corrected chi connectivity index (χ1v) is 10.6. The Hall–Kier alpha value is -3.84. The summed E-state index contributed by atoms with van der Waals surface area (Å²) in [6.45, 7) is 0.852. The number of amides is 1. The Morgan fingerprint density at radius 1 is 1.03 bits per heavy atom. The van der Waals surface area contributed by atoms with E-state index in [0.717, 1.165) is 33.1 Å². The molecule has 0 radical (unpaired) electrons. The van der Waals surface area contributed by atoms with Crippen molar-refractivity contribution < 1.29 is 9.53 Å². The second-order valence-electron chi connectivity index (χ2n) is 6.63. The molecule has 3 aromatic heterocycles. The highest BCUT2D eigenvalue weighted by Crippen LogP contribution is 2.21. The van der Waals surface area contributed by atoms with Crippen LogP contribution in [0.5, 0.6) is 5.75 Å². The average molecular weight is 429 g/mol. The molecule has 7 heteroatoms. The lowest BCUT2D eigenvalue weighted by Gasteiger charge is -2.06. The minimum absolute atomic E-state index is 0.169. The van der Waals surface area contributed by atoms with E-state index in [-0.39, 0.29) is 5.91 Å². The lowest BCUT2D eigenvalue weighted by Crippen LogP contribution is -2.20. The fourth-order valence-corrected chi connectivity index (χ4v) is 3.51. The third-order valence-electron chi connectivity index (χ3n) is 4.38. The number of aromatic nitrogens is 3. The van der Waals surface area contributed by atoms with Gasteiger partial charge >= 0.3 is 0 Å². The first-order valence-electron chi connectivity index (χ1n) is 9.69. The number of hydrogen-bond donors (Lipinski definition) is 1. The largest absolute Gasteiger partial charge is 0.489 e. The Kier molecular flexibility index (Phi) is 6.77. The van der Waals surface area contributed by atoms with Gasteiger partial charge in [0.15, 0.2) is 0 Å². The van der Waals surface area contributed by atoms with Crippen molar-refractivity contribution in [1.29, 1.82) is 0 Å². The Labute approximate surface area is 184 Å². The zero-order chi connectivity index (χ0) is 21.3. The molecule has 1 N–H and O–H groups in total. The van der Waals surface area contributed by atoms with Gasteiger partial charge in [0.1, 0.15) is 17.4 Å². The van der Waals surface area contributed by atoms with Crippen LogP contribution in [0, 0.1) is 0 Å². The van der Waals surface area contributed by atoms with Gasteiger partial charge in [0.2, 0.25) is 5.91 Å². The third kappa shape index (κ3) is 6.07. The fraction of sp³-hybridized carbons (Fsp3) is 0.0833. The predicted molar refractivity (Wildman–Crippen MR) is 121 cm³/mol. The monoisotopic (exact) mass is 428 g/mol. The summed E-state index contributed by atoms with van der Waals surface area (Å²) in [5, 5.41) is 5.69. The van der Waals surface area contributed by atoms with E-state index in [0.29, 0.717) is 13.2 Å². The molecule has 154 valence electrons. The van der Waals surface area contributed by atoms with Crippen LogP contribution in [0.4, 0.5) is 0 Å². The molecule has 0 aliphatic carbocycles. The molecule has 0 unspecified atom stereocenters. The van der Waals surface area contributed by atoms with Crippen molar-refractivity contribution in [2.45, 2.75) is 13.2 Å². The van der Waals surface area contributed by atoms with E-state index in [4.69, 9.17) is 4.74 Å². The summed E-state index contributed by atoms with van der Waals surface area (Å²) in [5.74, 6) is 0.594. The van der Waals surface area contributed by atoms with Crippen LogP contribution in [-0.2, 0) is 17.9 Å². The van der Waals surface area contributed by atoms with Gasteiger partial charge in [0.05, 0.1) is 12.2 Å². The molecule has 31 heavy (non-hydrogen) atoms. The van der Waals surface area contributed by atoms with Crippen LogP contribution >= 0.6 is 11.3 Å². The predicted octanol–water partition coefficient (Wildman–Crippen LogP) is 4.51. The van der Waals surface area contributed by atoms with Crippen LogP contribution in [0.2, 0.25) is 0 Å². The van der Waals surface area contributed by atoms with Crippen LogP contribution < -0.4 is 10.1 Å². The molecular weight excluding hydrogens is 408 g/mol. The van der Waals surface area contributed by atoms with E-state index in [9.17, 15) is 4.79 Å². The zero-order valence-corrected chi connectivity index (χ0v) is 17.5. The molecule has 0 saturated heterocycles. The summed E-state index contributed by atoms with van der Waals surface area (Å²) in [6, 6.07) is 15.2. The van der Waals surface area contributed by atoms with Crippen molar-refractivity contribution in [3.8, 4) is 17.0 Å². The highest BCUT2D eigenvalue weighted by atomic mass is 32.1. The van der Waals surface area contributed by atoms with Crippen molar-refractivity contribution in [2.75, 3.05) is 0 Å². The smallest absolute Gasteiger partial charge is 0.244 e. The highest BCUT2D eigenvalue weighted by Gasteiger charge is 2.05. The molecule has 0 aliphatic rings. The standard InChI is InChI=1S/C24H20N4O2S/c29-23(27-15-24-28-22(17-31-24)20-9-12-25-13-10-20)8-5-18-3-6-21(7-4-18)30-16-19-2-1-11-26-14-19/h1-14,17H,15-16H2,(H,27,29)/b8-5+. The molecule has 0 saturated carbocycles. The van der Waals surface area contributed by atoms with E-state index in [2.05, 4.69) is 20.3 Å². The number of nitrogens with one attached hydrogen (secondary N) is 1. The molecule has 0 atom stereocenters. The number of benzene rings is 1. The number of pyridine rings is 2. The average Bonchev–Trinajstić information content (AvgIpc) is 3.31. The van der Waals surface area contributed by atoms with Gasteiger partial charge < -0.3 is 10.1 Å². The normalized spacial score (nSPS) is 10.8. The minimum Gasteiger partial charge on any atom is -0.489 e. The quantitative estimate of drug-likeness (QED) is 0.418. The Morgan fingerprint density at radius 3 is 2.65 bits per heavy atom. The summed E-state index contributed by atoms with van der Waals surface area (Å²) in [7, 11) is 0. The first-order chi connectivity index (χ1) is 15.3. The van der Waals surface area contributed by atoms with E-state index >= 15 is 0 Å². The van der Waals surface area contributed by atoms with Crippen molar-refractivity contribution in [2.24, 2.45) is 0 Å². The summed E-state index contributed by atoms with van der Waals surface area (Å²) in [6.07, 6.45) is 10.3. The second kappa shape index (κ2) is 10.3. The van der Waals surface area contributed by atoms with Gasteiger partial charge in [-0.2, -0.15) is 0 Å². The molecule has 4 aromatic rings. The van der Waals surface area contributed by atoms with Crippen molar-refractivity contribution >= 4 is 23.3 Å². The van der Waals surface area contributed by atoms with E-state index in [1.165, 1.54) is 17.4 Å². The molecule has 0 spiro atoms. The maximum Gasteiger partial charge on any atom is 0.244 e. The molecule has 0 bridgehead atoms. The maximum atomic E-state index is 12.1. The van der Waals surface area contributed by atoms with Crippen LogP contribution in [-0.4, -0.2) is 20.9 Å². The van der Waals surface area contributed by atoms with E-state index < -0.39 is 0 Å². The Morgan fingerprint density at radius 2 is 1.87 bits per heavy atom. The number of hydrogen-bond acceptors (Lipinski definition) is 6. The second-order valence-corrected chi connectivity index (χ2v) is 7.58. The van der Waals surface area contributed by atoms with Gasteiger partial charge in [-0.25, -0.2) is 4.98 Å².